The van der Waals surface area contributed by atoms with Gasteiger partial charge in [-0.15, -0.1) is 0 Å². The van der Waals surface area contributed by atoms with E-state index in [2.05, 4.69) is 11.1 Å². The second-order valence-corrected chi connectivity index (χ2v) is 4.08. The van der Waals surface area contributed by atoms with E-state index in [1.807, 2.05) is 19.9 Å². The van der Waals surface area contributed by atoms with Gasteiger partial charge in [0.15, 0.2) is 0 Å². The zero-order valence-electron chi connectivity index (χ0n) is 9.53. The van der Waals surface area contributed by atoms with E-state index in [1.54, 1.807) is 13.0 Å². The molecule has 0 fully saturated rings. The summed E-state index contributed by atoms with van der Waals surface area (Å²) >= 11 is 0. The Morgan fingerprint density at radius 1 is 1.19 bits per heavy atom. The highest BCUT2D eigenvalue weighted by atomic mass is 16.4. The fourth-order valence-corrected chi connectivity index (χ4v) is 1.96. The van der Waals surface area contributed by atoms with Crippen molar-refractivity contribution in [2.45, 2.75) is 20.8 Å². The van der Waals surface area contributed by atoms with Gasteiger partial charge in [-0.25, -0.2) is 4.79 Å². The number of fused-ring (bicyclic) bond motifs is 1. The summed E-state index contributed by atoms with van der Waals surface area (Å²) in [6, 6.07) is 5.70. The molecule has 16 heavy (non-hydrogen) atoms. The summed E-state index contributed by atoms with van der Waals surface area (Å²) in [6.07, 6.45) is 0. The minimum Gasteiger partial charge on any atom is -0.478 e. The van der Waals surface area contributed by atoms with Crippen LogP contribution < -0.4 is 0 Å². The molecule has 2 rings (SSSR count). The van der Waals surface area contributed by atoms with Crippen LogP contribution in [0.1, 0.15) is 27.2 Å². The van der Waals surface area contributed by atoms with Crippen LogP contribution in [0.25, 0.3) is 10.9 Å². The number of aromatic carboxylic acids is 1. The number of hydrogen-bond donors (Lipinski definition) is 1. The molecule has 1 aromatic heterocycles. The Morgan fingerprint density at radius 2 is 1.88 bits per heavy atom. The van der Waals surface area contributed by atoms with Gasteiger partial charge < -0.3 is 5.11 Å². The first kappa shape index (κ1) is 10.6. The highest BCUT2D eigenvalue weighted by molar-refractivity contribution is 5.94. The molecule has 1 heterocycles. The van der Waals surface area contributed by atoms with Gasteiger partial charge in [0.2, 0.25) is 0 Å². The molecule has 2 aromatic rings. The first-order valence-corrected chi connectivity index (χ1v) is 5.11. The Morgan fingerprint density at radius 3 is 2.50 bits per heavy atom. The molecule has 0 atom stereocenters. The maximum absolute atomic E-state index is 11.0. The van der Waals surface area contributed by atoms with E-state index in [0.29, 0.717) is 5.69 Å². The molecule has 0 aliphatic rings. The normalized spacial score (nSPS) is 10.7. The molecule has 0 amide bonds. The summed E-state index contributed by atoms with van der Waals surface area (Å²) in [5, 5.41) is 9.91. The van der Waals surface area contributed by atoms with Crippen LogP contribution in [0.4, 0.5) is 0 Å². The van der Waals surface area contributed by atoms with Crippen molar-refractivity contribution in [3.8, 4) is 0 Å². The minimum atomic E-state index is -0.925. The van der Waals surface area contributed by atoms with Gasteiger partial charge in [0.05, 0.1) is 16.8 Å². The Kier molecular flexibility index (Phi) is 2.38. The summed E-state index contributed by atoms with van der Waals surface area (Å²) in [6.45, 7) is 5.71. The van der Waals surface area contributed by atoms with Gasteiger partial charge in [-0.3, -0.25) is 4.98 Å². The quantitative estimate of drug-likeness (QED) is 0.795. The fraction of sp³-hybridized carbons (Fsp3) is 0.231. The first-order valence-electron chi connectivity index (χ1n) is 5.11. The summed E-state index contributed by atoms with van der Waals surface area (Å²) in [4.78, 5) is 15.4. The average Bonchev–Trinajstić information content (AvgIpc) is 2.18. The third-order valence-electron chi connectivity index (χ3n) is 2.67. The molecule has 0 radical (unpaired) electrons. The number of pyridine rings is 1. The lowest BCUT2D eigenvalue weighted by Crippen LogP contribution is -2.02. The van der Waals surface area contributed by atoms with Gasteiger partial charge in [0, 0.05) is 5.39 Å². The Bertz CT molecular complexity index is 588. The SMILES string of the molecule is Cc1cc(C)c2nc(C)c(C(=O)O)cc2c1. The van der Waals surface area contributed by atoms with Crippen LogP contribution in [0.3, 0.4) is 0 Å². The van der Waals surface area contributed by atoms with Gasteiger partial charge in [-0.05, 0) is 38.5 Å². The van der Waals surface area contributed by atoms with E-state index in [1.165, 1.54) is 0 Å². The number of nitrogens with zero attached hydrogens (tertiary/aromatic N) is 1. The monoisotopic (exact) mass is 215 g/mol. The number of carboxylic acid groups (broad SMARTS) is 1. The van der Waals surface area contributed by atoms with Crippen molar-refractivity contribution in [1.29, 1.82) is 0 Å². The average molecular weight is 215 g/mol. The van der Waals surface area contributed by atoms with E-state index in [0.717, 1.165) is 22.0 Å². The topological polar surface area (TPSA) is 50.2 Å². The van der Waals surface area contributed by atoms with E-state index in [9.17, 15) is 4.79 Å². The van der Waals surface area contributed by atoms with Crippen LogP contribution in [-0.2, 0) is 0 Å². The standard InChI is InChI=1S/C13H13NO2/c1-7-4-8(2)12-10(5-7)6-11(13(15)16)9(3)14-12/h4-6H,1-3H3,(H,15,16). The van der Waals surface area contributed by atoms with Crippen molar-refractivity contribution in [2.75, 3.05) is 0 Å². The van der Waals surface area contributed by atoms with Crippen LogP contribution >= 0.6 is 0 Å². The zero-order chi connectivity index (χ0) is 11.9. The number of carbonyl (C=O) groups is 1. The molecule has 0 saturated carbocycles. The number of aryl methyl sites for hydroxylation is 3. The molecule has 1 aromatic carbocycles. The van der Waals surface area contributed by atoms with Gasteiger partial charge in [0.1, 0.15) is 0 Å². The lowest BCUT2D eigenvalue weighted by atomic mass is 10.0. The lowest BCUT2D eigenvalue weighted by molar-refractivity contribution is 0.0696. The molecular weight excluding hydrogens is 202 g/mol. The van der Waals surface area contributed by atoms with Crippen LogP contribution in [0.15, 0.2) is 18.2 Å². The van der Waals surface area contributed by atoms with Crippen LogP contribution in [0.5, 0.6) is 0 Å². The first-order chi connectivity index (χ1) is 7.49. The predicted molar refractivity (Wildman–Crippen MR) is 62.9 cm³/mol. The zero-order valence-corrected chi connectivity index (χ0v) is 9.53. The van der Waals surface area contributed by atoms with Gasteiger partial charge in [-0.1, -0.05) is 11.6 Å². The molecular formula is C13H13NO2. The highest BCUT2D eigenvalue weighted by Crippen LogP contribution is 2.21. The van der Waals surface area contributed by atoms with Gasteiger partial charge in [0.25, 0.3) is 0 Å². The summed E-state index contributed by atoms with van der Waals surface area (Å²) < 4.78 is 0. The van der Waals surface area contributed by atoms with Crippen molar-refractivity contribution < 1.29 is 9.90 Å². The Hall–Kier alpha value is -1.90. The molecule has 0 spiro atoms. The molecule has 0 unspecified atom stereocenters. The van der Waals surface area contributed by atoms with E-state index < -0.39 is 5.97 Å². The third-order valence-corrected chi connectivity index (χ3v) is 2.67. The second-order valence-electron chi connectivity index (χ2n) is 4.08. The highest BCUT2D eigenvalue weighted by Gasteiger charge is 2.11. The number of carboxylic acids is 1. The Labute approximate surface area is 93.7 Å². The number of benzene rings is 1. The van der Waals surface area contributed by atoms with Gasteiger partial charge in [-0.2, -0.15) is 0 Å². The van der Waals surface area contributed by atoms with E-state index in [-0.39, 0.29) is 5.56 Å². The van der Waals surface area contributed by atoms with Crippen molar-refractivity contribution in [2.24, 2.45) is 0 Å². The van der Waals surface area contributed by atoms with Gasteiger partial charge >= 0.3 is 5.97 Å². The Balaban J connectivity index is 2.84. The summed E-state index contributed by atoms with van der Waals surface area (Å²) in [5.41, 5.74) is 3.92. The molecule has 82 valence electrons. The van der Waals surface area contributed by atoms with Crippen LogP contribution in [0, 0.1) is 20.8 Å². The smallest absolute Gasteiger partial charge is 0.337 e. The van der Waals surface area contributed by atoms with Crippen LogP contribution in [0.2, 0.25) is 0 Å². The number of aromatic nitrogens is 1. The molecule has 1 N–H and O–H groups in total. The third kappa shape index (κ3) is 1.65. The van der Waals surface area contributed by atoms with Crippen molar-refractivity contribution in [3.63, 3.8) is 0 Å². The van der Waals surface area contributed by atoms with E-state index in [4.69, 9.17) is 5.11 Å². The van der Waals surface area contributed by atoms with Crippen molar-refractivity contribution in [3.05, 3.63) is 40.6 Å². The molecule has 3 nitrogen and oxygen atoms in total. The summed E-state index contributed by atoms with van der Waals surface area (Å²) in [5.74, 6) is -0.925. The number of rotatable bonds is 1. The predicted octanol–water partition coefficient (Wildman–Crippen LogP) is 2.86. The van der Waals surface area contributed by atoms with E-state index >= 15 is 0 Å². The molecule has 0 bridgehead atoms. The van der Waals surface area contributed by atoms with Crippen LogP contribution in [-0.4, -0.2) is 16.1 Å². The molecule has 0 saturated heterocycles. The summed E-state index contributed by atoms with van der Waals surface area (Å²) in [7, 11) is 0. The maximum Gasteiger partial charge on any atom is 0.337 e. The molecule has 0 aliphatic heterocycles. The maximum atomic E-state index is 11.0. The minimum absolute atomic E-state index is 0.275. The largest absolute Gasteiger partial charge is 0.478 e. The fourth-order valence-electron chi connectivity index (χ4n) is 1.96. The lowest BCUT2D eigenvalue weighted by Gasteiger charge is -2.07. The number of hydrogen-bond acceptors (Lipinski definition) is 2. The van der Waals surface area contributed by atoms with Crippen molar-refractivity contribution in [1.82, 2.24) is 4.98 Å². The molecule has 3 heteroatoms. The molecule has 0 aliphatic carbocycles. The van der Waals surface area contributed by atoms with Crippen molar-refractivity contribution >= 4 is 16.9 Å². The second kappa shape index (κ2) is 3.59.